The second-order valence-corrected chi connectivity index (χ2v) is 6.88. The first kappa shape index (κ1) is 16.6. The molecule has 0 bridgehead atoms. The number of hydrogen-bond acceptors (Lipinski definition) is 3. The van der Waals surface area contributed by atoms with Gasteiger partial charge >= 0.3 is 0 Å². The van der Waals surface area contributed by atoms with E-state index in [1.165, 1.54) is 21.8 Å². The number of fused-ring (bicyclic) bond motifs is 3. The smallest absolute Gasteiger partial charge is 0.119 e. The zero-order chi connectivity index (χ0) is 18.9. The van der Waals surface area contributed by atoms with Gasteiger partial charge in [0.25, 0.3) is 0 Å². The molecule has 2 heterocycles. The van der Waals surface area contributed by atoms with Crippen LogP contribution in [0.15, 0.2) is 79.0 Å². The number of benzene rings is 3. The van der Waals surface area contributed by atoms with Crippen LogP contribution in [0.5, 0.6) is 5.75 Å². The van der Waals surface area contributed by atoms with Gasteiger partial charge in [-0.25, -0.2) is 4.68 Å². The molecular weight excluding hydrogens is 348 g/mol. The van der Waals surface area contributed by atoms with Crippen LogP contribution in [0.1, 0.15) is 11.3 Å². The third kappa shape index (κ3) is 2.91. The summed E-state index contributed by atoms with van der Waals surface area (Å²) in [5.41, 5.74) is 4.50. The molecule has 3 aromatic carbocycles. The van der Waals surface area contributed by atoms with Gasteiger partial charge < -0.3 is 9.30 Å². The molecule has 28 heavy (non-hydrogen) atoms. The molecule has 5 nitrogen and oxygen atoms in total. The SMILES string of the molecule is COc1cccc(Cn2cc(Cn3c4ccccc4c4ccccc43)nn2)c1. The maximum absolute atomic E-state index is 5.30. The average molecular weight is 368 g/mol. The largest absolute Gasteiger partial charge is 0.497 e. The van der Waals surface area contributed by atoms with E-state index in [-0.39, 0.29) is 0 Å². The number of hydrogen-bond donors (Lipinski definition) is 0. The Morgan fingerprint density at radius 3 is 2.25 bits per heavy atom. The minimum Gasteiger partial charge on any atom is -0.497 e. The van der Waals surface area contributed by atoms with Crippen LogP contribution in [-0.2, 0) is 13.1 Å². The van der Waals surface area contributed by atoms with Crippen LogP contribution in [0.2, 0.25) is 0 Å². The Morgan fingerprint density at radius 2 is 1.54 bits per heavy atom. The van der Waals surface area contributed by atoms with Crippen molar-refractivity contribution in [3.05, 3.63) is 90.3 Å². The number of methoxy groups -OCH3 is 1. The quantitative estimate of drug-likeness (QED) is 0.459. The van der Waals surface area contributed by atoms with Crippen LogP contribution in [-0.4, -0.2) is 26.7 Å². The van der Waals surface area contributed by atoms with Crippen molar-refractivity contribution in [1.82, 2.24) is 19.6 Å². The third-order valence-corrected chi connectivity index (χ3v) is 5.06. The number of para-hydroxylation sites is 2. The molecule has 0 aliphatic rings. The Labute approximate surface area is 162 Å². The molecule has 5 heteroatoms. The van der Waals surface area contributed by atoms with Crippen molar-refractivity contribution in [2.75, 3.05) is 7.11 Å². The molecule has 0 aliphatic carbocycles. The lowest BCUT2D eigenvalue weighted by atomic mass is 10.2. The van der Waals surface area contributed by atoms with Gasteiger partial charge in [0.05, 0.1) is 26.4 Å². The van der Waals surface area contributed by atoms with Gasteiger partial charge in [-0.05, 0) is 29.8 Å². The fourth-order valence-electron chi connectivity index (χ4n) is 3.78. The van der Waals surface area contributed by atoms with E-state index in [0.29, 0.717) is 13.1 Å². The summed E-state index contributed by atoms with van der Waals surface area (Å²) < 4.78 is 9.48. The normalized spacial score (nSPS) is 11.3. The van der Waals surface area contributed by atoms with E-state index in [1.807, 2.05) is 29.1 Å². The molecule has 0 spiro atoms. The first-order valence-electron chi connectivity index (χ1n) is 9.30. The molecule has 0 N–H and O–H groups in total. The summed E-state index contributed by atoms with van der Waals surface area (Å²) in [6.07, 6.45) is 2.02. The highest BCUT2D eigenvalue weighted by Gasteiger charge is 2.11. The van der Waals surface area contributed by atoms with Crippen molar-refractivity contribution in [1.29, 1.82) is 0 Å². The lowest BCUT2D eigenvalue weighted by Gasteiger charge is -2.05. The van der Waals surface area contributed by atoms with Crippen molar-refractivity contribution in [2.24, 2.45) is 0 Å². The Kier molecular flexibility index (Phi) is 4.05. The van der Waals surface area contributed by atoms with Gasteiger partial charge in [-0.15, -0.1) is 5.10 Å². The highest BCUT2D eigenvalue weighted by atomic mass is 16.5. The van der Waals surface area contributed by atoms with Crippen molar-refractivity contribution < 1.29 is 4.74 Å². The zero-order valence-corrected chi connectivity index (χ0v) is 15.6. The van der Waals surface area contributed by atoms with Crippen LogP contribution < -0.4 is 4.74 Å². The average Bonchev–Trinajstić information content (AvgIpc) is 3.31. The van der Waals surface area contributed by atoms with E-state index < -0.39 is 0 Å². The summed E-state index contributed by atoms with van der Waals surface area (Å²) in [4.78, 5) is 0. The van der Waals surface area contributed by atoms with Crippen molar-refractivity contribution in [3.63, 3.8) is 0 Å². The summed E-state index contributed by atoms with van der Waals surface area (Å²) in [7, 11) is 1.68. The van der Waals surface area contributed by atoms with Gasteiger partial charge in [0.15, 0.2) is 0 Å². The number of ether oxygens (including phenoxy) is 1. The van der Waals surface area contributed by atoms with Crippen LogP contribution in [0.3, 0.4) is 0 Å². The fourth-order valence-corrected chi connectivity index (χ4v) is 3.78. The molecule has 5 rings (SSSR count). The molecule has 0 fully saturated rings. The molecule has 0 amide bonds. The summed E-state index contributed by atoms with van der Waals surface area (Å²) in [6.45, 7) is 1.35. The highest BCUT2D eigenvalue weighted by molar-refractivity contribution is 6.07. The maximum Gasteiger partial charge on any atom is 0.119 e. The Balaban J connectivity index is 1.47. The second-order valence-electron chi connectivity index (χ2n) is 6.88. The monoisotopic (exact) mass is 368 g/mol. The summed E-state index contributed by atoms with van der Waals surface area (Å²) in [5.74, 6) is 0.850. The highest BCUT2D eigenvalue weighted by Crippen LogP contribution is 2.29. The number of nitrogens with zero attached hydrogens (tertiary/aromatic N) is 4. The van der Waals surface area contributed by atoms with Gasteiger partial charge in [0.2, 0.25) is 0 Å². The van der Waals surface area contributed by atoms with E-state index >= 15 is 0 Å². The first-order valence-corrected chi connectivity index (χ1v) is 9.30. The van der Waals surface area contributed by atoms with E-state index in [1.54, 1.807) is 7.11 Å². The Hall–Kier alpha value is -3.60. The zero-order valence-electron chi connectivity index (χ0n) is 15.6. The summed E-state index contributed by atoms with van der Waals surface area (Å²) in [6, 6.07) is 25.0. The minimum atomic E-state index is 0.664. The van der Waals surface area contributed by atoms with Gasteiger partial charge in [0, 0.05) is 21.8 Å². The molecule has 0 atom stereocenters. The minimum absolute atomic E-state index is 0.664. The van der Waals surface area contributed by atoms with Crippen LogP contribution in [0, 0.1) is 0 Å². The lowest BCUT2D eigenvalue weighted by Crippen LogP contribution is -2.01. The predicted octanol–water partition coefficient (Wildman–Crippen LogP) is 4.49. The molecule has 5 aromatic rings. The van der Waals surface area contributed by atoms with Gasteiger partial charge in [-0.1, -0.05) is 53.7 Å². The van der Waals surface area contributed by atoms with Crippen LogP contribution in [0.4, 0.5) is 0 Å². The predicted molar refractivity (Wildman–Crippen MR) is 111 cm³/mol. The molecular formula is C23H20N4O. The molecule has 2 aromatic heterocycles. The molecule has 0 saturated heterocycles. The summed E-state index contributed by atoms with van der Waals surface area (Å²) in [5, 5.41) is 11.3. The number of aromatic nitrogens is 4. The maximum atomic E-state index is 5.30. The van der Waals surface area contributed by atoms with Crippen LogP contribution in [0.25, 0.3) is 21.8 Å². The van der Waals surface area contributed by atoms with Crippen molar-refractivity contribution in [2.45, 2.75) is 13.1 Å². The molecule has 138 valence electrons. The van der Waals surface area contributed by atoms with E-state index in [9.17, 15) is 0 Å². The van der Waals surface area contributed by atoms with E-state index in [2.05, 4.69) is 69.5 Å². The Bertz CT molecular complexity index is 1210. The first-order chi connectivity index (χ1) is 13.8. The molecule has 0 unspecified atom stereocenters. The molecule has 0 saturated carbocycles. The summed E-state index contributed by atoms with van der Waals surface area (Å²) >= 11 is 0. The van der Waals surface area contributed by atoms with E-state index in [0.717, 1.165) is 17.0 Å². The number of rotatable bonds is 5. The second kappa shape index (κ2) is 6.85. The Morgan fingerprint density at radius 1 is 0.821 bits per heavy atom. The topological polar surface area (TPSA) is 44.9 Å². The molecule has 0 radical (unpaired) electrons. The van der Waals surface area contributed by atoms with E-state index in [4.69, 9.17) is 4.74 Å². The molecule has 0 aliphatic heterocycles. The van der Waals surface area contributed by atoms with Crippen LogP contribution >= 0.6 is 0 Å². The van der Waals surface area contributed by atoms with Gasteiger partial charge in [-0.2, -0.15) is 0 Å². The van der Waals surface area contributed by atoms with Gasteiger partial charge in [-0.3, -0.25) is 0 Å². The van der Waals surface area contributed by atoms with Crippen molar-refractivity contribution in [3.8, 4) is 5.75 Å². The standard InChI is InChI=1S/C23H20N4O/c1-28-19-8-6-7-17(13-19)14-26-15-18(24-25-26)16-27-22-11-4-2-9-20(22)21-10-3-5-12-23(21)27/h2-13,15H,14,16H2,1H3. The lowest BCUT2D eigenvalue weighted by molar-refractivity contribution is 0.414. The van der Waals surface area contributed by atoms with Crippen molar-refractivity contribution >= 4 is 21.8 Å². The fraction of sp³-hybridized carbons (Fsp3) is 0.130. The third-order valence-electron chi connectivity index (χ3n) is 5.06. The van der Waals surface area contributed by atoms with Gasteiger partial charge in [0.1, 0.15) is 11.4 Å².